The highest BCUT2D eigenvalue weighted by molar-refractivity contribution is 7.16. The molecule has 2 aromatic heterocycles. The van der Waals surface area contributed by atoms with Crippen LogP contribution in [-0.4, -0.2) is 17.1 Å². The molecule has 0 amide bonds. The number of thiophene rings is 1. The molecule has 0 saturated heterocycles. The topological polar surface area (TPSA) is 31.2 Å². The zero-order chi connectivity index (χ0) is 14.8. The van der Waals surface area contributed by atoms with Crippen LogP contribution in [0.2, 0.25) is 0 Å². The smallest absolute Gasteiger partial charge is 0.355 e. The number of nitrogens with zero attached hydrogens (tertiary/aromatic N) is 1. The Kier molecular flexibility index (Phi) is 3.75. The Morgan fingerprint density at radius 1 is 1.29 bits per heavy atom. The first-order valence-electron chi connectivity index (χ1n) is 6.67. The third kappa shape index (κ3) is 2.69. The number of ether oxygens (including phenoxy) is 1. The first-order valence-corrected chi connectivity index (χ1v) is 7.55. The van der Waals surface area contributed by atoms with E-state index in [1.807, 2.05) is 22.1 Å². The number of fused-ring (bicyclic) bond motifs is 1. The van der Waals surface area contributed by atoms with E-state index in [0.717, 1.165) is 15.8 Å². The predicted octanol–water partition coefficient (Wildman–Crippen LogP) is 4.07. The summed E-state index contributed by atoms with van der Waals surface area (Å²) in [6, 6.07) is 10.1. The van der Waals surface area contributed by atoms with Crippen molar-refractivity contribution in [2.45, 2.75) is 13.5 Å². The van der Waals surface area contributed by atoms with Gasteiger partial charge in [0.15, 0.2) is 0 Å². The van der Waals surface area contributed by atoms with Crippen molar-refractivity contribution in [3.63, 3.8) is 0 Å². The number of benzene rings is 1. The number of rotatable bonds is 4. The summed E-state index contributed by atoms with van der Waals surface area (Å²) in [5, 5.41) is 3.01. The van der Waals surface area contributed by atoms with E-state index < -0.39 is 0 Å². The Balaban J connectivity index is 2.02. The van der Waals surface area contributed by atoms with E-state index >= 15 is 0 Å². The highest BCUT2D eigenvalue weighted by Gasteiger charge is 2.17. The van der Waals surface area contributed by atoms with Crippen LogP contribution in [0.4, 0.5) is 4.39 Å². The van der Waals surface area contributed by atoms with Crippen LogP contribution >= 0.6 is 11.3 Å². The fourth-order valence-corrected chi connectivity index (χ4v) is 3.18. The average Bonchev–Trinajstić information content (AvgIpc) is 3.04. The molecule has 2 heterocycles. The second-order valence-electron chi connectivity index (χ2n) is 4.64. The van der Waals surface area contributed by atoms with E-state index in [9.17, 15) is 9.18 Å². The minimum Gasteiger partial charge on any atom is -0.461 e. The lowest BCUT2D eigenvalue weighted by Crippen LogP contribution is -2.12. The lowest BCUT2D eigenvalue weighted by Gasteiger charge is -2.09. The molecule has 0 radical (unpaired) electrons. The standard InChI is InChI=1S/C16H14FNO2S/c1-2-20-16(19)14-9-12-7-8-21-15(12)18(14)10-11-3-5-13(17)6-4-11/h3-9H,2,10H2,1H3. The van der Waals surface area contributed by atoms with Crippen molar-refractivity contribution in [1.29, 1.82) is 0 Å². The average molecular weight is 303 g/mol. The highest BCUT2D eigenvalue weighted by atomic mass is 32.1. The van der Waals surface area contributed by atoms with Crippen molar-refractivity contribution in [2.24, 2.45) is 0 Å². The number of aromatic nitrogens is 1. The van der Waals surface area contributed by atoms with Gasteiger partial charge in [0.1, 0.15) is 16.3 Å². The van der Waals surface area contributed by atoms with Gasteiger partial charge in [0.25, 0.3) is 0 Å². The molecule has 108 valence electrons. The number of esters is 1. The molecule has 21 heavy (non-hydrogen) atoms. The summed E-state index contributed by atoms with van der Waals surface area (Å²) in [5.41, 5.74) is 1.47. The van der Waals surface area contributed by atoms with E-state index in [-0.39, 0.29) is 11.8 Å². The van der Waals surface area contributed by atoms with Gasteiger partial charge >= 0.3 is 5.97 Å². The minimum absolute atomic E-state index is 0.266. The minimum atomic E-state index is -0.331. The van der Waals surface area contributed by atoms with Crippen LogP contribution in [0.5, 0.6) is 0 Å². The van der Waals surface area contributed by atoms with Crippen LogP contribution in [0.15, 0.2) is 41.8 Å². The molecule has 0 aliphatic rings. The van der Waals surface area contributed by atoms with Gasteiger partial charge in [-0.3, -0.25) is 0 Å². The zero-order valence-electron chi connectivity index (χ0n) is 11.5. The fourth-order valence-electron chi connectivity index (χ4n) is 2.28. The van der Waals surface area contributed by atoms with Crippen LogP contribution < -0.4 is 0 Å². The summed E-state index contributed by atoms with van der Waals surface area (Å²) < 4.78 is 20.0. The summed E-state index contributed by atoms with van der Waals surface area (Å²) in [4.78, 5) is 13.1. The second kappa shape index (κ2) is 5.69. The molecule has 0 aliphatic carbocycles. The Bertz CT molecular complexity index is 773. The Labute approximate surface area is 125 Å². The van der Waals surface area contributed by atoms with Crippen molar-refractivity contribution >= 4 is 27.5 Å². The van der Waals surface area contributed by atoms with E-state index in [4.69, 9.17) is 4.74 Å². The van der Waals surface area contributed by atoms with Crippen molar-refractivity contribution < 1.29 is 13.9 Å². The maximum Gasteiger partial charge on any atom is 0.355 e. The molecule has 3 rings (SSSR count). The summed E-state index contributed by atoms with van der Waals surface area (Å²) in [6.45, 7) is 2.64. The Hall–Kier alpha value is -2.14. The largest absolute Gasteiger partial charge is 0.461 e. The van der Waals surface area contributed by atoms with Crippen LogP contribution in [-0.2, 0) is 11.3 Å². The Morgan fingerprint density at radius 3 is 2.76 bits per heavy atom. The molecule has 0 unspecified atom stereocenters. The van der Waals surface area contributed by atoms with Crippen molar-refractivity contribution in [2.75, 3.05) is 6.61 Å². The molecule has 0 fully saturated rings. The van der Waals surface area contributed by atoms with Crippen molar-refractivity contribution in [1.82, 2.24) is 4.57 Å². The second-order valence-corrected chi connectivity index (χ2v) is 5.54. The highest BCUT2D eigenvalue weighted by Crippen LogP contribution is 2.27. The van der Waals surface area contributed by atoms with Gasteiger partial charge in [0.2, 0.25) is 0 Å². The summed E-state index contributed by atoms with van der Waals surface area (Å²) in [7, 11) is 0. The molecule has 0 spiro atoms. The molecule has 3 nitrogen and oxygen atoms in total. The Morgan fingerprint density at radius 2 is 2.05 bits per heavy atom. The van der Waals surface area contributed by atoms with Crippen LogP contribution in [0.25, 0.3) is 10.2 Å². The molecular weight excluding hydrogens is 289 g/mol. The van der Waals surface area contributed by atoms with Gasteiger partial charge in [-0.1, -0.05) is 12.1 Å². The summed E-state index contributed by atoms with van der Waals surface area (Å²) in [5.74, 6) is -0.596. The van der Waals surface area contributed by atoms with Gasteiger partial charge in [-0.25, -0.2) is 9.18 Å². The van der Waals surface area contributed by atoms with Gasteiger partial charge < -0.3 is 9.30 Å². The van der Waals surface area contributed by atoms with Gasteiger partial charge in [-0.15, -0.1) is 11.3 Å². The number of halogens is 1. The molecule has 3 aromatic rings. The number of carbonyl (C=O) groups is 1. The molecule has 0 aliphatic heterocycles. The predicted molar refractivity (Wildman–Crippen MR) is 81.3 cm³/mol. The number of carbonyl (C=O) groups excluding carboxylic acids is 1. The SMILES string of the molecule is CCOC(=O)c1cc2ccsc2n1Cc1ccc(F)cc1. The van der Waals surface area contributed by atoms with Crippen LogP contribution in [0.3, 0.4) is 0 Å². The molecule has 5 heteroatoms. The van der Waals surface area contributed by atoms with Gasteiger partial charge in [-0.05, 0) is 42.1 Å². The first-order chi connectivity index (χ1) is 10.2. The summed E-state index contributed by atoms with van der Waals surface area (Å²) in [6.07, 6.45) is 0. The van der Waals surface area contributed by atoms with E-state index in [0.29, 0.717) is 18.8 Å². The quantitative estimate of drug-likeness (QED) is 0.680. The maximum atomic E-state index is 13.0. The lowest BCUT2D eigenvalue weighted by atomic mass is 10.2. The number of hydrogen-bond donors (Lipinski definition) is 0. The number of hydrogen-bond acceptors (Lipinski definition) is 3. The molecule has 1 aromatic carbocycles. The third-order valence-electron chi connectivity index (χ3n) is 3.24. The zero-order valence-corrected chi connectivity index (χ0v) is 12.3. The van der Waals surface area contributed by atoms with Crippen molar-refractivity contribution in [3.8, 4) is 0 Å². The first kappa shape index (κ1) is 13.8. The van der Waals surface area contributed by atoms with Crippen LogP contribution in [0, 0.1) is 5.82 Å². The fraction of sp³-hybridized carbons (Fsp3) is 0.188. The molecule has 0 atom stereocenters. The lowest BCUT2D eigenvalue weighted by molar-refractivity contribution is 0.0515. The van der Waals surface area contributed by atoms with Gasteiger partial charge in [0, 0.05) is 11.9 Å². The van der Waals surface area contributed by atoms with E-state index in [2.05, 4.69) is 0 Å². The van der Waals surface area contributed by atoms with Gasteiger partial charge in [0.05, 0.1) is 6.61 Å². The molecule has 0 N–H and O–H groups in total. The molecular formula is C16H14FNO2S. The van der Waals surface area contributed by atoms with Crippen molar-refractivity contribution in [3.05, 3.63) is 58.9 Å². The van der Waals surface area contributed by atoms with E-state index in [1.165, 1.54) is 12.1 Å². The van der Waals surface area contributed by atoms with E-state index in [1.54, 1.807) is 30.4 Å². The summed E-state index contributed by atoms with van der Waals surface area (Å²) >= 11 is 1.57. The molecule has 0 bridgehead atoms. The molecule has 0 saturated carbocycles. The third-order valence-corrected chi connectivity index (χ3v) is 4.19. The van der Waals surface area contributed by atoms with Crippen LogP contribution in [0.1, 0.15) is 23.0 Å². The normalized spacial score (nSPS) is 11.0. The maximum absolute atomic E-state index is 13.0. The van der Waals surface area contributed by atoms with Gasteiger partial charge in [-0.2, -0.15) is 0 Å². The monoisotopic (exact) mass is 303 g/mol.